The molecule has 2 amide bonds. The number of carboxylic acids is 1. The lowest BCUT2D eigenvalue weighted by atomic mass is 10.2. The molecule has 0 radical (unpaired) electrons. The average molecular weight is 263 g/mol. The van der Waals surface area contributed by atoms with E-state index in [1.54, 1.807) is 12.1 Å². The van der Waals surface area contributed by atoms with Crippen molar-refractivity contribution in [1.82, 2.24) is 5.32 Å². The summed E-state index contributed by atoms with van der Waals surface area (Å²) >= 11 is 0. The van der Waals surface area contributed by atoms with E-state index < -0.39 is 12.0 Å². The fourth-order valence-corrected chi connectivity index (χ4v) is 1.32. The first-order chi connectivity index (χ1) is 9.06. The van der Waals surface area contributed by atoms with E-state index in [1.165, 1.54) is 13.2 Å². The summed E-state index contributed by atoms with van der Waals surface area (Å²) in [5.41, 5.74) is 0.719. The Morgan fingerprint density at radius 1 is 1.47 bits per heavy atom. The van der Waals surface area contributed by atoms with Gasteiger partial charge >= 0.3 is 12.0 Å². The molecule has 0 unspecified atom stereocenters. The van der Waals surface area contributed by atoms with Gasteiger partial charge in [-0.1, -0.05) is 0 Å². The number of hydrogen-bond acceptors (Lipinski definition) is 4. The SMILES string of the molecule is COc1ccc(C#N)cc1NC(=O)NCCC(=O)O. The van der Waals surface area contributed by atoms with E-state index >= 15 is 0 Å². The number of methoxy groups -OCH3 is 1. The number of ether oxygens (including phenoxy) is 1. The molecule has 1 aromatic carbocycles. The molecule has 0 aromatic heterocycles. The van der Waals surface area contributed by atoms with Gasteiger partial charge < -0.3 is 20.5 Å². The van der Waals surface area contributed by atoms with Gasteiger partial charge in [0.25, 0.3) is 0 Å². The van der Waals surface area contributed by atoms with E-state index in [0.29, 0.717) is 17.0 Å². The maximum Gasteiger partial charge on any atom is 0.319 e. The molecule has 0 heterocycles. The van der Waals surface area contributed by atoms with Crippen molar-refractivity contribution in [3.63, 3.8) is 0 Å². The van der Waals surface area contributed by atoms with Crippen LogP contribution in [-0.4, -0.2) is 30.8 Å². The number of carboxylic acid groups (broad SMARTS) is 1. The third kappa shape index (κ3) is 4.55. The highest BCUT2D eigenvalue weighted by molar-refractivity contribution is 5.91. The summed E-state index contributed by atoms with van der Waals surface area (Å²) in [5.74, 6) is -0.586. The second kappa shape index (κ2) is 6.86. The van der Waals surface area contributed by atoms with E-state index in [4.69, 9.17) is 15.1 Å². The number of nitrogens with zero attached hydrogens (tertiary/aromatic N) is 1. The van der Waals surface area contributed by atoms with E-state index in [-0.39, 0.29) is 13.0 Å². The van der Waals surface area contributed by atoms with Crippen LogP contribution < -0.4 is 15.4 Å². The Balaban J connectivity index is 2.67. The van der Waals surface area contributed by atoms with Crippen LogP contribution in [0.4, 0.5) is 10.5 Å². The zero-order valence-corrected chi connectivity index (χ0v) is 10.3. The minimum Gasteiger partial charge on any atom is -0.495 e. The molecule has 0 bridgehead atoms. The molecule has 0 atom stereocenters. The molecule has 3 N–H and O–H groups in total. The van der Waals surface area contributed by atoms with Gasteiger partial charge in [0.2, 0.25) is 0 Å². The molecule has 0 spiro atoms. The molecule has 100 valence electrons. The number of hydrogen-bond donors (Lipinski definition) is 3. The molecule has 1 rings (SSSR count). The molecule has 0 fully saturated rings. The Morgan fingerprint density at radius 2 is 2.21 bits per heavy atom. The van der Waals surface area contributed by atoms with Crippen molar-refractivity contribution < 1.29 is 19.4 Å². The molecule has 0 aliphatic rings. The number of urea groups is 1. The number of carbonyl (C=O) groups excluding carboxylic acids is 1. The Labute approximate surface area is 109 Å². The standard InChI is InChI=1S/C12H13N3O4/c1-19-10-3-2-8(7-13)6-9(10)15-12(18)14-5-4-11(16)17/h2-3,6H,4-5H2,1H3,(H,16,17)(H2,14,15,18). The Hall–Kier alpha value is -2.75. The number of rotatable bonds is 5. The lowest BCUT2D eigenvalue weighted by molar-refractivity contribution is -0.136. The van der Waals surface area contributed by atoms with Crippen molar-refractivity contribution in [2.45, 2.75) is 6.42 Å². The normalized spacial score (nSPS) is 9.26. The summed E-state index contributed by atoms with van der Waals surface area (Å²) in [6.45, 7) is 0.0153. The van der Waals surface area contributed by atoms with E-state index in [0.717, 1.165) is 0 Å². The van der Waals surface area contributed by atoms with Gasteiger partial charge in [0.1, 0.15) is 5.75 Å². The monoisotopic (exact) mass is 263 g/mol. The van der Waals surface area contributed by atoms with Crippen molar-refractivity contribution in [2.75, 3.05) is 19.0 Å². The summed E-state index contributed by atoms with van der Waals surface area (Å²) in [7, 11) is 1.44. The number of nitriles is 1. The predicted octanol–water partition coefficient (Wildman–Crippen LogP) is 1.16. The highest BCUT2D eigenvalue weighted by Gasteiger charge is 2.08. The van der Waals surface area contributed by atoms with Crippen molar-refractivity contribution in [1.29, 1.82) is 5.26 Å². The minimum atomic E-state index is -0.996. The van der Waals surface area contributed by atoms with Crippen molar-refractivity contribution in [3.05, 3.63) is 23.8 Å². The van der Waals surface area contributed by atoms with Crippen molar-refractivity contribution in [2.24, 2.45) is 0 Å². The molecule has 19 heavy (non-hydrogen) atoms. The number of anilines is 1. The lowest BCUT2D eigenvalue weighted by Gasteiger charge is -2.11. The predicted molar refractivity (Wildman–Crippen MR) is 67.0 cm³/mol. The van der Waals surface area contributed by atoms with Crippen LogP contribution >= 0.6 is 0 Å². The van der Waals surface area contributed by atoms with Crippen LogP contribution in [0.2, 0.25) is 0 Å². The van der Waals surface area contributed by atoms with Gasteiger partial charge in [0, 0.05) is 6.54 Å². The largest absolute Gasteiger partial charge is 0.495 e. The number of amides is 2. The van der Waals surface area contributed by atoms with Gasteiger partial charge in [-0.2, -0.15) is 5.26 Å². The molecule has 0 saturated carbocycles. The first kappa shape index (κ1) is 14.3. The number of benzene rings is 1. The maximum atomic E-state index is 11.5. The Morgan fingerprint density at radius 3 is 2.79 bits per heavy atom. The summed E-state index contributed by atoms with van der Waals surface area (Å²) in [6.07, 6.45) is -0.164. The van der Waals surface area contributed by atoms with Crippen LogP contribution in [0, 0.1) is 11.3 Å². The van der Waals surface area contributed by atoms with Crippen LogP contribution in [0.3, 0.4) is 0 Å². The molecule has 0 aliphatic carbocycles. The highest BCUT2D eigenvalue weighted by atomic mass is 16.5. The zero-order valence-electron chi connectivity index (χ0n) is 10.3. The fourth-order valence-electron chi connectivity index (χ4n) is 1.32. The summed E-state index contributed by atoms with van der Waals surface area (Å²) in [5, 5.41) is 22.1. The van der Waals surface area contributed by atoms with E-state index in [2.05, 4.69) is 10.6 Å². The van der Waals surface area contributed by atoms with Crippen molar-refractivity contribution >= 4 is 17.7 Å². The summed E-state index contributed by atoms with van der Waals surface area (Å²) < 4.78 is 5.04. The number of carbonyl (C=O) groups is 2. The van der Waals surface area contributed by atoms with Crippen LogP contribution in [0.15, 0.2) is 18.2 Å². The molecule has 0 saturated heterocycles. The lowest BCUT2D eigenvalue weighted by Crippen LogP contribution is -2.30. The van der Waals surface area contributed by atoms with Crippen molar-refractivity contribution in [3.8, 4) is 11.8 Å². The zero-order chi connectivity index (χ0) is 14.3. The van der Waals surface area contributed by atoms with Crippen LogP contribution in [0.25, 0.3) is 0 Å². The van der Waals surface area contributed by atoms with Gasteiger partial charge in [0.05, 0.1) is 30.9 Å². The fraction of sp³-hybridized carbons (Fsp3) is 0.250. The van der Waals surface area contributed by atoms with Gasteiger partial charge in [0.15, 0.2) is 0 Å². The topological polar surface area (TPSA) is 111 Å². The van der Waals surface area contributed by atoms with Gasteiger partial charge in [-0.15, -0.1) is 0 Å². The van der Waals surface area contributed by atoms with Crippen LogP contribution in [0.1, 0.15) is 12.0 Å². The molecule has 1 aromatic rings. The summed E-state index contributed by atoms with van der Waals surface area (Å²) in [6, 6.07) is 5.98. The first-order valence-corrected chi connectivity index (χ1v) is 5.41. The maximum absolute atomic E-state index is 11.5. The minimum absolute atomic E-state index is 0.0153. The second-order valence-electron chi connectivity index (χ2n) is 3.55. The smallest absolute Gasteiger partial charge is 0.319 e. The molecular formula is C12H13N3O4. The summed E-state index contributed by atoms with van der Waals surface area (Å²) in [4.78, 5) is 21.8. The number of aliphatic carboxylic acids is 1. The third-order valence-corrected chi connectivity index (χ3v) is 2.20. The Kier molecular flexibility index (Phi) is 5.17. The average Bonchev–Trinajstić information content (AvgIpc) is 2.38. The third-order valence-electron chi connectivity index (χ3n) is 2.20. The highest BCUT2D eigenvalue weighted by Crippen LogP contribution is 2.24. The van der Waals surface area contributed by atoms with Crippen LogP contribution in [-0.2, 0) is 4.79 Å². The number of nitrogens with one attached hydrogen (secondary N) is 2. The Bertz CT molecular complexity index is 522. The second-order valence-corrected chi connectivity index (χ2v) is 3.55. The van der Waals surface area contributed by atoms with E-state index in [9.17, 15) is 9.59 Å². The van der Waals surface area contributed by atoms with E-state index in [1.807, 2.05) is 6.07 Å². The van der Waals surface area contributed by atoms with Gasteiger partial charge in [-0.05, 0) is 18.2 Å². The quantitative estimate of drug-likeness (QED) is 0.738. The molecule has 7 heteroatoms. The van der Waals surface area contributed by atoms with Gasteiger partial charge in [-0.25, -0.2) is 4.79 Å². The van der Waals surface area contributed by atoms with Crippen LogP contribution in [0.5, 0.6) is 5.75 Å². The molecule has 7 nitrogen and oxygen atoms in total. The molecule has 0 aliphatic heterocycles. The van der Waals surface area contributed by atoms with Gasteiger partial charge in [-0.3, -0.25) is 4.79 Å². The molecular weight excluding hydrogens is 250 g/mol. The first-order valence-electron chi connectivity index (χ1n) is 5.41.